The van der Waals surface area contributed by atoms with E-state index in [1.54, 1.807) is 0 Å². The first-order valence-corrected chi connectivity index (χ1v) is 8.02. The number of benzene rings is 1. The number of rotatable bonds is 5. The normalized spacial score (nSPS) is 22.2. The molecule has 1 aromatic rings. The quantitative estimate of drug-likeness (QED) is 0.865. The van der Waals surface area contributed by atoms with Gasteiger partial charge in [-0.2, -0.15) is 0 Å². The number of hydrogen-bond acceptors (Lipinski definition) is 3. The fourth-order valence-electron chi connectivity index (χ4n) is 2.79. The topological polar surface area (TPSA) is 58.4 Å². The van der Waals surface area contributed by atoms with Crippen molar-refractivity contribution in [3.63, 3.8) is 0 Å². The number of amides is 1. The summed E-state index contributed by atoms with van der Waals surface area (Å²) < 4.78 is 1.04. The van der Waals surface area contributed by atoms with Crippen LogP contribution in [0, 0.1) is 0 Å². The van der Waals surface area contributed by atoms with Crippen LogP contribution in [0.1, 0.15) is 31.2 Å². The van der Waals surface area contributed by atoms with Gasteiger partial charge in [0.15, 0.2) is 0 Å². The lowest BCUT2D eigenvalue weighted by atomic mass is 10.1. The molecule has 0 spiro atoms. The van der Waals surface area contributed by atoms with E-state index in [1.807, 2.05) is 0 Å². The third-order valence-corrected chi connectivity index (χ3v) is 4.71. The minimum Gasteiger partial charge on any atom is -0.368 e. The molecular formula is C15H20BrN3O. The number of carbonyl (C=O) groups is 1. The van der Waals surface area contributed by atoms with E-state index in [-0.39, 0.29) is 11.9 Å². The summed E-state index contributed by atoms with van der Waals surface area (Å²) in [5.41, 5.74) is 7.82. The zero-order valence-electron chi connectivity index (χ0n) is 11.4. The van der Waals surface area contributed by atoms with E-state index < -0.39 is 0 Å². The Hall–Kier alpha value is -1.07. The van der Waals surface area contributed by atoms with E-state index in [2.05, 4.69) is 44.3 Å². The van der Waals surface area contributed by atoms with E-state index in [4.69, 9.17) is 5.73 Å². The van der Waals surface area contributed by atoms with Gasteiger partial charge in [-0.3, -0.25) is 4.79 Å². The van der Waals surface area contributed by atoms with Crippen molar-refractivity contribution in [1.82, 2.24) is 5.32 Å². The van der Waals surface area contributed by atoms with Crippen molar-refractivity contribution in [3.8, 4) is 0 Å². The Morgan fingerprint density at radius 3 is 2.85 bits per heavy atom. The second-order valence-corrected chi connectivity index (χ2v) is 6.55. The third kappa shape index (κ3) is 2.99. The number of primary amides is 1. The van der Waals surface area contributed by atoms with Gasteiger partial charge in [0.25, 0.3) is 0 Å². The lowest BCUT2D eigenvalue weighted by Crippen LogP contribution is -2.40. The van der Waals surface area contributed by atoms with Crippen LogP contribution in [0.4, 0.5) is 5.69 Å². The van der Waals surface area contributed by atoms with Crippen LogP contribution >= 0.6 is 15.9 Å². The Morgan fingerprint density at radius 1 is 1.40 bits per heavy atom. The first-order chi connectivity index (χ1) is 9.65. The summed E-state index contributed by atoms with van der Waals surface area (Å²) >= 11 is 3.63. The molecule has 4 nitrogen and oxygen atoms in total. The largest absolute Gasteiger partial charge is 0.368 e. The van der Waals surface area contributed by atoms with E-state index >= 15 is 0 Å². The fraction of sp³-hybridized carbons (Fsp3) is 0.533. The first-order valence-electron chi connectivity index (χ1n) is 7.23. The van der Waals surface area contributed by atoms with Crippen molar-refractivity contribution in [2.75, 3.05) is 11.4 Å². The maximum Gasteiger partial charge on any atom is 0.240 e. The number of halogens is 1. The van der Waals surface area contributed by atoms with Crippen LogP contribution in [-0.4, -0.2) is 24.5 Å². The van der Waals surface area contributed by atoms with Crippen molar-refractivity contribution >= 4 is 27.5 Å². The molecule has 3 rings (SSSR count). The Kier molecular flexibility index (Phi) is 3.98. The van der Waals surface area contributed by atoms with Crippen LogP contribution in [0.3, 0.4) is 0 Å². The maximum atomic E-state index is 11.5. The van der Waals surface area contributed by atoms with Crippen molar-refractivity contribution in [2.45, 2.75) is 44.3 Å². The Balaban J connectivity index is 1.74. The Morgan fingerprint density at radius 2 is 2.20 bits per heavy atom. The molecule has 3 N–H and O–H groups in total. The minimum absolute atomic E-state index is 0.165. The molecule has 0 bridgehead atoms. The van der Waals surface area contributed by atoms with Crippen LogP contribution in [0.2, 0.25) is 0 Å². The molecule has 2 fully saturated rings. The summed E-state index contributed by atoms with van der Waals surface area (Å²) in [7, 11) is 0. The van der Waals surface area contributed by atoms with Crippen LogP contribution in [0.25, 0.3) is 0 Å². The van der Waals surface area contributed by atoms with Gasteiger partial charge in [0.05, 0.1) is 5.69 Å². The predicted molar refractivity (Wildman–Crippen MR) is 83.6 cm³/mol. The summed E-state index contributed by atoms with van der Waals surface area (Å²) in [4.78, 5) is 13.6. The number of hydrogen-bond donors (Lipinski definition) is 2. The van der Waals surface area contributed by atoms with E-state index in [0.29, 0.717) is 6.04 Å². The van der Waals surface area contributed by atoms with Gasteiger partial charge in [0.2, 0.25) is 5.91 Å². The highest BCUT2D eigenvalue weighted by molar-refractivity contribution is 9.10. The molecule has 1 unspecified atom stereocenters. The third-order valence-electron chi connectivity index (χ3n) is 4.07. The molecule has 1 saturated carbocycles. The van der Waals surface area contributed by atoms with Crippen molar-refractivity contribution < 1.29 is 4.79 Å². The zero-order valence-corrected chi connectivity index (χ0v) is 13.0. The summed E-state index contributed by atoms with van der Waals surface area (Å²) in [6.45, 7) is 1.80. The molecule has 1 aliphatic heterocycles. The summed E-state index contributed by atoms with van der Waals surface area (Å²) in [6.07, 6.45) is 4.47. The molecule has 1 amide bonds. The van der Waals surface area contributed by atoms with Gasteiger partial charge in [0, 0.05) is 23.6 Å². The summed E-state index contributed by atoms with van der Waals surface area (Å²) in [5, 5.41) is 3.51. The van der Waals surface area contributed by atoms with E-state index in [0.717, 1.165) is 36.1 Å². The second-order valence-electron chi connectivity index (χ2n) is 5.69. The van der Waals surface area contributed by atoms with Crippen LogP contribution in [0.15, 0.2) is 22.7 Å². The predicted octanol–water partition coefficient (Wildman–Crippen LogP) is 2.16. The van der Waals surface area contributed by atoms with Gasteiger partial charge < -0.3 is 16.0 Å². The monoisotopic (exact) mass is 337 g/mol. The molecule has 0 aromatic heterocycles. The van der Waals surface area contributed by atoms with Gasteiger partial charge in [-0.25, -0.2) is 0 Å². The Bertz CT molecular complexity index is 516. The summed E-state index contributed by atoms with van der Waals surface area (Å²) in [6, 6.07) is 6.91. The van der Waals surface area contributed by atoms with Gasteiger partial charge in [-0.1, -0.05) is 6.07 Å². The highest BCUT2D eigenvalue weighted by Crippen LogP contribution is 2.33. The lowest BCUT2D eigenvalue weighted by Gasteiger charge is -2.25. The SMILES string of the molecule is NC(=O)C1CCCN1c1ccc(CNC2CC2)cc1Br. The molecule has 2 aliphatic rings. The first kappa shape index (κ1) is 13.9. The van der Waals surface area contributed by atoms with E-state index in [9.17, 15) is 4.79 Å². The average molecular weight is 338 g/mol. The molecule has 1 heterocycles. The Labute approximate surface area is 127 Å². The fourth-order valence-corrected chi connectivity index (χ4v) is 3.45. The summed E-state index contributed by atoms with van der Waals surface area (Å²) in [5.74, 6) is -0.228. The molecule has 1 atom stereocenters. The molecular weight excluding hydrogens is 318 g/mol. The minimum atomic E-state index is -0.228. The second kappa shape index (κ2) is 5.74. The molecule has 5 heteroatoms. The average Bonchev–Trinajstić information content (AvgIpc) is 3.11. The van der Waals surface area contributed by atoms with Gasteiger partial charge >= 0.3 is 0 Å². The highest BCUT2D eigenvalue weighted by atomic mass is 79.9. The molecule has 20 heavy (non-hydrogen) atoms. The van der Waals surface area contributed by atoms with Crippen LogP contribution in [0.5, 0.6) is 0 Å². The smallest absolute Gasteiger partial charge is 0.240 e. The van der Waals surface area contributed by atoms with Crippen molar-refractivity contribution in [2.24, 2.45) is 5.73 Å². The van der Waals surface area contributed by atoms with Gasteiger partial charge in [-0.05, 0) is 59.3 Å². The van der Waals surface area contributed by atoms with Gasteiger partial charge in [0.1, 0.15) is 6.04 Å². The molecule has 1 aromatic carbocycles. The standard InChI is InChI=1S/C15H20BrN3O/c16-12-8-10(9-18-11-4-5-11)3-6-13(12)19-7-1-2-14(19)15(17)20/h3,6,8,11,14,18H,1-2,4-5,7,9H2,(H2,17,20). The number of carbonyl (C=O) groups excluding carboxylic acids is 1. The van der Waals surface area contributed by atoms with Gasteiger partial charge in [-0.15, -0.1) is 0 Å². The lowest BCUT2D eigenvalue weighted by molar-refractivity contribution is -0.119. The molecule has 108 valence electrons. The highest BCUT2D eigenvalue weighted by Gasteiger charge is 2.30. The number of nitrogens with zero attached hydrogens (tertiary/aromatic N) is 1. The number of nitrogens with two attached hydrogens (primary N) is 1. The van der Waals surface area contributed by atoms with Crippen molar-refractivity contribution in [1.29, 1.82) is 0 Å². The molecule has 0 radical (unpaired) electrons. The molecule has 1 saturated heterocycles. The van der Waals surface area contributed by atoms with E-state index in [1.165, 1.54) is 18.4 Å². The number of nitrogens with one attached hydrogen (secondary N) is 1. The number of anilines is 1. The zero-order chi connectivity index (χ0) is 14.1. The maximum absolute atomic E-state index is 11.5. The molecule has 1 aliphatic carbocycles. The van der Waals surface area contributed by atoms with Crippen LogP contribution in [-0.2, 0) is 11.3 Å². The van der Waals surface area contributed by atoms with Crippen molar-refractivity contribution in [3.05, 3.63) is 28.2 Å². The van der Waals surface area contributed by atoms with Crippen LogP contribution < -0.4 is 16.0 Å².